The van der Waals surface area contributed by atoms with E-state index >= 15 is 0 Å². The van der Waals surface area contributed by atoms with Crippen molar-refractivity contribution in [3.8, 4) is 0 Å². The lowest BCUT2D eigenvalue weighted by Crippen LogP contribution is -2.42. The molecule has 3 aromatic rings. The lowest BCUT2D eigenvalue weighted by Gasteiger charge is -2.29. The van der Waals surface area contributed by atoms with Gasteiger partial charge >= 0.3 is 0 Å². The lowest BCUT2D eigenvalue weighted by atomic mass is 10.1. The van der Waals surface area contributed by atoms with Crippen molar-refractivity contribution in [2.45, 2.75) is 19.7 Å². The highest BCUT2D eigenvalue weighted by molar-refractivity contribution is 7.85. The minimum atomic E-state index is -4.64. The third kappa shape index (κ3) is 4.53. The Morgan fingerprint density at radius 3 is 2.42 bits per heavy atom. The van der Waals surface area contributed by atoms with E-state index in [2.05, 4.69) is 8.75 Å². The van der Waals surface area contributed by atoms with Crippen LogP contribution < -0.4 is 9.47 Å². The van der Waals surface area contributed by atoms with Crippen molar-refractivity contribution in [1.82, 2.24) is 8.75 Å². The normalized spacial score (nSPS) is 15.7. The molecule has 10 nitrogen and oxygen atoms in total. The van der Waals surface area contributed by atoms with E-state index in [0.29, 0.717) is 43.6 Å². The second-order valence-corrected chi connectivity index (χ2v) is 11.2. The van der Waals surface area contributed by atoms with Crippen LogP contribution in [0.3, 0.4) is 0 Å². The fourth-order valence-corrected chi connectivity index (χ4v) is 6.18. The van der Waals surface area contributed by atoms with Crippen LogP contribution in [-0.2, 0) is 26.1 Å². The van der Waals surface area contributed by atoms with Gasteiger partial charge in [0.15, 0.2) is 10.1 Å². The van der Waals surface area contributed by atoms with Gasteiger partial charge in [0.2, 0.25) is 17.1 Å². The Kier molecular flexibility index (Phi) is 5.47. The zero-order valence-electron chi connectivity index (χ0n) is 16.2. The van der Waals surface area contributed by atoms with E-state index in [1.165, 1.54) is 38.6 Å². The van der Waals surface area contributed by atoms with Crippen molar-refractivity contribution in [3.05, 3.63) is 45.9 Å². The summed E-state index contributed by atoms with van der Waals surface area (Å²) in [5.74, 6) is -1.65. The largest absolute Gasteiger partial charge is 0.747 e. The summed E-state index contributed by atoms with van der Waals surface area (Å²) < 4.78 is 80.0. The monoisotopic (exact) mass is 499 g/mol. The fraction of sp³-hybridized carbons (Fsp3) is 0.235. The zero-order chi connectivity index (χ0) is 22.6. The van der Waals surface area contributed by atoms with Crippen LogP contribution in [0.1, 0.15) is 22.0 Å². The number of pyridine rings is 1. The SMILES string of the molecule is Cc1nsc2c1N(CS(=O)(=O)[O-])/C(=C/c1ccc3snc(C)c3[n+]1CS(=O)(=O)[O-])C=C2. The molecule has 3 aromatic heterocycles. The average molecular weight is 500 g/mol. The molecule has 0 saturated carbocycles. The molecule has 0 bridgehead atoms. The number of fused-ring (bicyclic) bond motifs is 2. The zero-order valence-corrected chi connectivity index (χ0v) is 19.4. The van der Waals surface area contributed by atoms with Crippen LogP contribution in [0.15, 0.2) is 23.9 Å². The maximum Gasteiger partial charge on any atom is 0.247 e. The summed E-state index contributed by atoms with van der Waals surface area (Å²) in [7, 11) is -9.28. The molecule has 0 aliphatic carbocycles. The van der Waals surface area contributed by atoms with Crippen molar-refractivity contribution < 1.29 is 30.5 Å². The second kappa shape index (κ2) is 7.72. The highest BCUT2D eigenvalue weighted by atomic mass is 32.2. The van der Waals surface area contributed by atoms with E-state index in [1.807, 2.05) is 0 Å². The van der Waals surface area contributed by atoms with Gasteiger partial charge in [-0.25, -0.2) is 16.8 Å². The predicted molar refractivity (Wildman–Crippen MR) is 115 cm³/mol. The molecule has 0 atom stereocenters. The van der Waals surface area contributed by atoms with Gasteiger partial charge in [-0.15, -0.1) is 0 Å². The molecule has 0 fully saturated rings. The quantitative estimate of drug-likeness (QED) is 0.376. The second-order valence-electron chi connectivity index (χ2n) is 6.85. The number of aryl methyl sites for hydroxylation is 2. The molecule has 0 unspecified atom stereocenters. The first-order valence-corrected chi connectivity index (χ1v) is 13.4. The van der Waals surface area contributed by atoms with Crippen LogP contribution in [0.4, 0.5) is 5.69 Å². The fourth-order valence-electron chi connectivity index (χ4n) is 3.40. The maximum absolute atomic E-state index is 11.6. The number of aromatic nitrogens is 3. The van der Waals surface area contributed by atoms with Gasteiger partial charge in [0.25, 0.3) is 0 Å². The topological polar surface area (TPSA) is 147 Å². The van der Waals surface area contributed by atoms with Gasteiger partial charge in [-0.1, -0.05) is 0 Å². The van der Waals surface area contributed by atoms with Crippen LogP contribution in [-0.4, -0.2) is 40.6 Å². The van der Waals surface area contributed by atoms with Crippen molar-refractivity contribution in [3.63, 3.8) is 0 Å². The van der Waals surface area contributed by atoms with E-state index in [1.54, 1.807) is 38.1 Å². The smallest absolute Gasteiger partial charge is 0.247 e. The van der Waals surface area contributed by atoms with Crippen molar-refractivity contribution in [2.75, 3.05) is 10.8 Å². The molecule has 164 valence electrons. The van der Waals surface area contributed by atoms with Gasteiger partial charge in [-0.3, -0.25) is 0 Å². The first-order valence-electron chi connectivity index (χ1n) is 8.72. The Bertz CT molecular complexity index is 1470. The molecule has 0 N–H and O–H groups in total. The molecule has 1 aliphatic heterocycles. The Balaban J connectivity index is 1.93. The molecular weight excluding hydrogens is 484 g/mol. The summed E-state index contributed by atoms with van der Waals surface area (Å²) in [4.78, 5) is 2.02. The molecule has 0 aromatic carbocycles. The lowest BCUT2D eigenvalue weighted by molar-refractivity contribution is -0.653. The highest BCUT2D eigenvalue weighted by Gasteiger charge is 2.27. The summed E-state index contributed by atoms with van der Waals surface area (Å²) in [5, 5.41) is 0. The maximum atomic E-state index is 11.6. The van der Waals surface area contributed by atoms with Crippen LogP contribution in [0.25, 0.3) is 22.4 Å². The summed E-state index contributed by atoms with van der Waals surface area (Å²) in [6.45, 7) is 3.40. The molecule has 4 rings (SSSR count). The van der Waals surface area contributed by atoms with Gasteiger partial charge in [-0.2, -0.15) is 13.3 Å². The van der Waals surface area contributed by atoms with Crippen LogP contribution in [0, 0.1) is 13.8 Å². The first-order chi connectivity index (χ1) is 14.4. The van der Waals surface area contributed by atoms with Crippen molar-refractivity contribution in [2.24, 2.45) is 0 Å². The number of anilines is 1. The Hall–Kier alpha value is -2.23. The van der Waals surface area contributed by atoms with E-state index < -0.39 is 32.0 Å². The number of hydrogen-bond acceptors (Lipinski definition) is 11. The van der Waals surface area contributed by atoms with E-state index in [-0.39, 0.29) is 0 Å². The van der Waals surface area contributed by atoms with Gasteiger partial charge in [0, 0.05) is 17.8 Å². The minimum Gasteiger partial charge on any atom is -0.747 e. The standard InChI is InChI=1S/C17H16N4O6S4/c1-10-16-14(28-18-10)5-3-12(20(16)8-30(22,23)24)7-13-4-6-15-17(11(2)19-29-15)21(13)9-31(25,26)27/h3-7H,8-9H2,1-2H3,(H-,22,23,24,25,26,27)/p-1. The number of hydrogen-bond donors (Lipinski definition) is 0. The first kappa shape index (κ1) is 22.0. The molecular formula is C17H15N4O6S4-. The molecule has 0 amide bonds. The minimum absolute atomic E-state index is 0.340. The molecule has 14 heteroatoms. The molecule has 0 radical (unpaired) electrons. The molecule has 1 aliphatic rings. The number of rotatable bonds is 5. The molecule has 31 heavy (non-hydrogen) atoms. The Morgan fingerprint density at radius 1 is 1.03 bits per heavy atom. The van der Waals surface area contributed by atoms with Crippen molar-refractivity contribution in [1.29, 1.82) is 0 Å². The van der Waals surface area contributed by atoms with Crippen LogP contribution in [0.2, 0.25) is 0 Å². The van der Waals surface area contributed by atoms with Crippen LogP contribution >= 0.6 is 23.1 Å². The summed E-state index contributed by atoms with van der Waals surface area (Å²) >= 11 is 2.34. The average Bonchev–Trinajstić information content (AvgIpc) is 3.20. The highest BCUT2D eigenvalue weighted by Crippen LogP contribution is 2.37. The number of allylic oxidation sites excluding steroid dienone is 1. The molecule has 0 saturated heterocycles. The van der Waals surface area contributed by atoms with E-state index in [0.717, 1.165) is 0 Å². The van der Waals surface area contributed by atoms with Gasteiger partial charge in [-0.05, 0) is 55.1 Å². The third-order valence-electron chi connectivity index (χ3n) is 4.56. The Labute approximate surface area is 186 Å². The Morgan fingerprint density at radius 2 is 1.74 bits per heavy atom. The third-order valence-corrected chi connectivity index (χ3v) is 7.49. The van der Waals surface area contributed by atoms with Gasteiger partial charge in [0.1, 0.15) is 26.4 Å². The molecule has 4 heterocycles. The van der Waals surface area contributed by atoms with E-state index in [4.69, 9.17) is 0 Å². The summed E-state index contributed by atoms with van der Waals surface area (Å²) in [5.41, 5.74) is 2.79. The van der Waals surface area contributed by atoms with Crippen molar-refractivity contribution >= 4 is 71.4 Å². The summed E-state index contributed by atoms with van der Waals surface area (Å²) in [6.07, 6.45) is 4.89. The van der Waals surface area contributed by atoms with Gasteiger partial charge in [0.05, 0.1) is 16.3 Å². The van der Waals surface area contributed by atoms with Gasteiger partial charge < -0.3 is 14.0 Å². The van der Waals surface area contributed by atoms with E-state index in [9.17, 15) is 25.9 Å². The van der Waals surface area contributed by atoms with Crippen LogP contribution in [0.5, 0.6) is 0 Å². The molecule has 0 spiro atoms. The predicted octanol–water partition coefficient (Wildman–Crippen LogP) is 1.54. The summed E-state index contributed by atoms with van der Waals surface area (Å²) in [6, 6.07) is 3.36. The number of nitrogens with zero attached hydrogens (tertiary/aromatic N) is 4.